The summed E-state index contributed by atoms with van der Waals surface area (Å²) >= 11 is 0. The molecule has 0 aliphatic rings. The number of methoxy groups -OCH3 is 2. The fraction of sp³-hybridized carbons (Fsp3) is 0.133. The van der Waals surface area contributed by atoms with Crippen LogP contribution >= 0.6 is 0 Å². The second-order valence-electron chi connectivity index (χ2n) is 4.23. The summed E-state index contributed by atoms with van der Waals surface area (Å²) in [6.45, 7) is 0. The van der Waals surface area contributed by atoms with Gasteiger partial charge in [-0.3, -0.25) is 4.79 Å². The van der Waals surface area contributed by atoms with Crippen molar-refractivity contribution in [2.24, 2.45) is 0 Å². The lowest BCUT2D eigenvalue weighted by molar-refractivity contribution is 0.103. The zero-order valence-corrected chi connectivity index (χ0v) is 11.5. The summed E-state index contributed by atoms with van der Waals surface area (Å²) in [6, 6.07) is 6.69. The van der Waals surface area contributed by atoms with Crippen molar-refractivity contribution in [3.8, 4) is 28.7 Å². The van der Waals surface area contributed by atoms with Gasteiger partial charge in [0.15, 0.2) is 11.5 Å². The Morgan fingerprint density at radius 1 is 1.00 bits per heavy atom. The summed E-state index contributed by atoms with van der Waals surface area (Å²) in [5.41, 5.74) is -0.270. The van der Waals surface area contributed by atoms with Crippen LogP contribution in [-0.4, -0.2) is 35.3 Å². The topological polar surface area (TPSA) is 96.2 Å². The van der Waals surface area contributed by atoms with Crippen LogP contribution in [0.25, 0.3) is 0 Å². The monoisotopic (exact) mass is 290 g/mol. The largest absolute Gasteiger partial charge is 0.507 e. The second-order valence-corrected chi connectivity index (χ2v) is 4.23. The van der Waals surface area contributed by atoms with E-state index in [4.69, 9.17) is 9.47 Å². The van der Waals surface area contributed by atoms with Gasteiger partial charge in [0.1, 0.15) is 22.8 Å². The second kappa shape index (κ2) is 5.62. The molecule has 21 heavy (non-hydrogen) atoms. The molecule has 0 saturated carbocycles. The summed E-state index contributed by atoms with van der Waals surface area (Å²) in [7, 11) is 2.75. The average molecular weight is 290 g/mol. The number of aromatic hydroxyl groups is 3. The predicted molar refractivity (Wildman–Crippen MR) is 74.4 cm³/mol. The summed E-state index contributed by atoms with van der Waals surface area (Å²) < 4.78 is 10.1. The fourth-order valence-electron chi connectivity index (χ4n) is 1.93. The molecule has 0 bridgehead atoms. The van der Waals surface area contributed by atoms with Crippen LogP contribution in [0.4, 0.5) is 0 Å². The maximum absolute atomic E-state index is 12.5. The van der Waals surface area contributed by atoms with E-state index >= 15 is 0 Å². The normalized spacial score (nSPS) is 10.2. The van der Waals surface area contributed by atoms with Crippen molar-refractivity contribution in [2.45, 2.75) is 0 Å². The van der Waals surface area contributed by atoms with Crippen LogP contribution in [-0.2, 0) is 0 Å². The Morgan fingerprint density at radius 2 is 1.71 bits per heavy atom. The standard InChI is InChI=1S/C15H14O6/c1-20-8-6-11(17)13(12(7-8)21-2)15(19)9-4-3-5-10(16)14(9)18/h3-7,16-18H,1-2H3. The number of carbonyl (C=O) groups excluding carboxylic acids is 1. The van der Waals surface area contributed by atoms with Gasteiger partial charge in [0, 0.05) is 12.1 Å². The van der Waals surface area contributed by atoms with Crippen LogP contribution < -0.4 is 9.47 Å². The Kier molecular flexibility index (Phi) is 3.89. The van der Waals surface area contributed by atoms with Crippen molar-refractivity contribution in [3.05, 3.63) is 41.5 Å². The smallest absolute Gasteiger partial charge is 0.204 e. The number of hydrogen-bond donors (Lipinski definition) is 3. The molecule has 0 unspecified atom stereocenters. The minimum Gasteiger partial charge on any atom is -0.507 e. The molecule has 0 fully saturated rings. The molecule has 3 N–H and O–H groups in total. The zero-order valence-electron chi connectivity index (χ0n) is 11.5. The molecule has 0 saturated heterocycles. The van der Waals surface area contributed by atoms with E-state index in [2.05, 4.69) is 0 Å². The molecule has 0 amide bonds. The lowest BCUT2D eigenvalue weighted by Gasteiger charge is -2.12. The zero-order chi connectivity index (χ0) is 15.6. The fourth-order valence-corrected chi connectivity index (χ4v) is 1.93. The van der Waals surface area contributed by atoms with Gasteiger partial charge in [-0.15, -0.1) is 0 Å². The first-order valence-corrected chi connectivity index (χ1v) is 6.00. The van der Waals surface area contributed by atoms with E-state index in [9.17, 15) is 20.1 Å². The maximum Gasteiger partial charge on any atom is 0.204 e. The first kappa shape index (κ1) is 14.5. The number of rotatable bonds is 4. The molecule has 0 aromatic heterocycles. The van der Waals surface area contributed by atoms with Gasteiger partial charge in [0.2, 0.25) is 5.78 Å². The molecule has 6 heteroatoms. The van der Waals surface area contributed by atoms with Gasteiger partial charge in [0.25, 0.3) is 0 Å². The lowest BCUT2D eigenvalue weighted by atomic mass is 10.00. The van der Waals surface area contributed by atoms with E-state index in [1.54, 1.807) is 0 Å². The SMILES string of the molecule is COc1cc(O)c(C(=O)c2cccc(O)c2O)c(OC)c1. The van der Waals surface area contributed by atoms with E-state index in [0.29, 0.717) is 5.75 Å². The molecule has 2 aromatic rings. The number of benzene rings is 2. The van der Waals surface area contributed by atoms with Gasteiger partial charge >= 0.3 is 0 Å². The first-order chi connectivity index (χ1) is 9.99. The maximum atomic E-state index is 12.5. The summed E-state index contributed by atoms with van der Waals surface area (Å²) in [6.07, 6.45) is 0. The molecule has 6 nitrogen and oxygen atoms in total. The van der Waals surface area contributed by atoms with E-state index in [0.717, 1.165) is 0 Å². The number of para-hydroxylation sites is 1. The van der Waals surface area contributed by atoms with E-state index < -0.39 is 17.3 Å². The highest BCUT2D eigenvalue weighted by Gasteiger charge is 2.23. The molecule has 0 spiro atoms. The Balaban J connectivity index is 2.60. The molecule has 2 aromatic carbocycles. The number of phenols is 3. The number of ether oxygens (including phenoxy) is 2. The van der Waals surface area contributed by atoms with Crippen LogP contribution in [0, 0.1) is 0 Å². The quantitative estimate of drug-likeness (QED) is 0.589. The van der Waals surface area contributed by atoms with Crippen LogP contribution in [0.5, 0.6) is 28.7 Å². The molecule has 0 radical (unpaired) electrons. The number of phenolic OH excluding ortho intramolecular Hbond substituents is 3. The van der Waals surface area contributed by atoms with Gasteiger partial charge in [-0.25, -0.2) is 0 Å². The Hall–Kier alpha value is -2.89. The molecule has 110 valence electrons. The molecular weight excluding hydrogens is 276 g/mol. The average Bonchev–Trinajstić information content (AvgIpc) is 2.48. The Labute approximate surface area is 120 Å². The molecule has 0 heterocycles. The Bertz CT molecular complexity index is 693. The third kappa shape index (κ3) is 2.55. The summed E-state index contributed by atoms with van der Waals surface area (Å²) in [5, 5.41) is 29.2. The highest BCUT2D eigenvalue weighted by molar-refractivity contribution is 6.14. The van der Waals surface area contributed by atoms with Crippen LogP contribution in [0.1, 0.15) is 15.9 Å². The number of carbonyl (C=O) groups is 1. The minimum absolute atomic E-state index is 0.0968. The minimum atomic E-state index is -0.680. The molecular formula is C15H14O6. The first-order valence-electron chi connectivity index (χ1n) is 6.00. The Morgan fingerprint density at radius 3 is 2.33 bits per heavy atom. The van der Waals surface area contributed by atoms with Gasteiger partial charge in [-0.05, 0) is 12.1 Å². The highest BCUT2D eigenvalue weighted by Crippen LogP contribution is 2.37. The molecule has 0 aliphatic heterocycles. The molecule has 2 rings (SSSR count). The van der Waals surface area contributed by atoms with Crippen LogP contribution in [0.3, 0.4) is 0 Å². The van der Waals surface area contributed by atoms with Crippen molar-refractivity contribution in [3.63, 3.8) is 0 Å². The van der Waals surface area contributed by atoms with Crippen molar-refractivity contribution in [1.29, 1.82) is 0 Å². The predicted octanol–water partition coefficient (Wildman–Crippen LogP) is 2.05. The summed E-state index contributed by atoms with van der Waals surface area (Å²) in [5.74, 6) is -1.59. The van der Waals surface area contributed by atoms with Crippen molar-refractivity contribution >= 4 is 5.78 Å². The molecule has 0 aliphatic carbocycles. The summed E-state index contributed by atoms with van der Waals surface area (Å²) in [4.78, 5) is 12.5. The lowest BCUT2D eigenvalue weighted by Crippen LogP contribution is -2.05. The van der Waals surface area contributed by atoms with E-state index in [1.165, 1.54) is 44.6 Å². The van der Waals surface area contributed by atoms with Gasteiger partial charge in [0.05, 0.1) is 19.8 Å². The van der Waals surface area contributed by atoms with Gasteiger partial charge in [-0.2, -0.15) is 0 Å². The van der Waals surface area contributed by atoms with Gasteiger partial charge in [-0.1, -0.05) is 6.07 Å². The van der Waals surface area contributed by atoms with Crippen molar-refractivity contribution in [2.75, 3.05) is 14.2 Å². The number of ketones is 1. The number of hydrogen-bond acceptors (Lipinski definition) is 6. The van der Waals surface area contributed by atoms with E-state index in [1.807, 2.05) is 0 Å². The van der Waals surface area contributed by atoms with Crippen molar-refractivity contribution < 1.29 is 29.6 Å². The molecule has 0 atom stereocenters. The third-order valence-corrected chi connectivity index (χ3v) is 3.00. The van der Waals surface area contributed by atoms with Gasteiger partial charge < -0.3 is 24.8 Å². The van der Waals surface area contributed by atoms with Crippen molar-refractivity contribution in [1.82, 2.24) is 0 Å². The van der Waals surface area contributed by atoms with Crippen LogP contribution in [0.2, 0.25) is 0 Å². The van der Waals surface area contributed by atoms with Crippen LogP contribution in [0.15, 0.2) is 30.3 Å². The van der Waals surface area contributed by atoms with E-state index in [-0.39, 0.29) is 22.6 Å². The highest BCUT2D eigenvalue weighted by atomic mass is 16.5. The third-order valence-electron chi connectivity index (χ3n) is 3.00.